The summed E-state index contributed by atoms with van der Waals surface area (Å²) in [5.41, 5.74) is 0.396. The minimum Gasteiger partial charge on any atom is -0.462 e. The van der Waals surface area contributed by atoms with Crippen LogP contribution >= 0.6 is 34.8 Å². The van der Waals surface area contributed by atoms with Crippen molar-refractivity contribution in [2.75, 3.05) is 16.8 Å². The van der Waals surface area contributed by atoms with Gasteiger partial charge in [0.1, 0.15) is 10.7 Å². The molecule has 0 radical (unpaired) electrons. The molecule has 2 aromatic rings. The summed E-state index contributed by atoms with van der Waals surface area (Å²) in [6.07, 6.45) is 0. The van der Waals surface area contributed by atoms with Crippen LogP contribution in [0.2, 0.25) is 10.0 Å². The number of hydrogen-bond acceptors (Lipinski definition) is 5. The maximum atomic E-state index is 12.9. The Labute approximate surface area is 175 Å². The molecule has 28 heavy (non-hydrogen) atoms. The van der Waals surface area contributed by atoms with Crippen molar-refractivity contribution in [3.63, 3.8) is 0 Å². The lowest BCUT2D eigenvalue weighted by molar-refractivity contribution is -0.120. The van der Waals surface area contributed by atoms with Crippen molar-refractivity contribution in [3.8, 4) is 0 Å². The fourth-order valence-corrected chi connectivity index (χ4v) is 3.20. The number of nitrogens with one attached hydrogen (secondary N) is 1. The van der Waals surface area contributed by atoms with Crippen molar-refractivity contribution < 1.29 is 19.1 Å². The smallest absolute Gasteiger partial charge is 0.340 e. The summed E-state index contributed by atoms with van der Waals surface area (Å²) in [6, 6.07) is 11.0. The first-order valence-corrected chi connectivity index (χ1v) is 9.26. The van der Waals surface area contributed by atoms with Crippen LogP contribution in [0.5, 0.6) is 0 Å². The lowest BCUT2D eigenvalue weighted by atomic mass is 10.1. The lowest BCUT2D eigenvalue weighted by Gasteiger charge is -2.17. The van der Waals surface area contributed by atoms with Gasteiger partial charge in [0.15, 0.2) is 0 Å². The molecule has 1 heterocycles. The van der Waals surface area contributed by atoms with Crippen LogP contribution < -0.4 is 10.2 Å². The van der Waals surface area contributed by atoms with Gasteiger partial charge < -0.3 is 10.1 Å². The monoisotopic (exact) mass is 438 g/mol. The van der Waals surface area contributed by atoms with Gasteiger partial charge in [-0.1, -0.05) is 53.0 Å². The zero-order valence-electron chi connectivity index (χ0n) is 14.5. The van der Waals surface area contributed by atoms with Crippen LogP contribution in [0.4, 0.5) is 11.4 Å². The molecule has 0 fully saturated rings. The van der Waals surface area contributed by atoms with Crippen molar-refractivity contribution in [2.24, 2.45) is 0 Å². The third-order valence-electron chi connectivity index (χ3n) is 3.88. The Morgan fingerprint density at radius 3 is 2.46 bits per heavy atom. The molecule has 2 amide bonds. The third kappa shape index (κ3) is 3.58. The number of carbonyl (C=O) groups is 3. The molecular weight excluding hydrogens is 427 g/mol. The number of ether oxygens (including phenoxy) is 1. The highest BCUT2D eigenvalue weighted by Crippen LogP contribution is 2.37. The largest absolute Gasteiger partial charge is 0.462 e. The quantitative estimate of drug-likeness (QED) is 0.544. The van der Waals surface area contributed by atoms with Crippen LogP contribution in [0.25, 0.3) is 0 Å². The Bertz CT molecular complexity index is 1020. The van der Waals surface area contributed by atoms with Crippen LogP contribution in [0.3, 0.4) is 0 Å². The summed E-state index contributed by atoms with van der Waals surface area (Å²) in [4.78, 5) is 38.4. The average molecular weight is 440 g/mol. The molecule has 0 saturated heterocycles. The highest BCUT2D eigenvalue weighted by atomic mass is 35.5. The summed E-state index contributed by atoms with van der Waals surface area (Å²) in [5.74, 6) is -2.06. The van der Waals surface area contributed by atoms with Crippen LogP contribution in [-0.2, 0) is 14.3 Å². The van der Waals surface area contributed by atoms with Crippen LogP contribution in [-0.4, -0.2) is 24.4 Å². The highest BCUT2D eigenvalue weighted by molar-refractivity contribution is 6.54. The van der Waals surface area contributed by atoms with E-state index in [2.05, 4.69) is 5.32 Å². The summed E-state index contributed by atoms with van der Waals surface area (Å²) in [6.45, 7) is 1.87. The fourth-order valence-electron chi connectivity index (χ4n) is 2.61. The second-order valence-corrected chi connectivity index (χ2v) is 6.76. The molecule has 0 spiro atoms. The summed E-state index contributed by atoms with van der Waals surface area (Å²) in [7, 11) is 0. The van der Waals surface area contributed by atoms with Gasteiger partial charge in [0.2, 0.25) is 0 Å². The van der Waals surface area contributed by atoms with Gasteiger partial charge >= 0.3 is 5.97 Å². The third-order valence-corrected chi connectivity index (χ3v) is 5.04. The van der Waals surface area contributed by atoms with E-state index in [0.29, 0.717) is 0 Å². The van der Waals surface area contributed by atoms with Crippen molar-refractivity contribution in [1.29, 1.82) is 0 Å². The van der Waals surface area contributed by atoms with E-state index >= 15 is 0 Å². The lowest BCUT2D eigenvalue weighted by Crippen LogP contribution is -2.32. The van der Waals surface area contributed by atoms with Crippen LogP contribution in [0.15, 0.2) is 53.2 Å². The normalized spacial score (nSPS) is 13.9. The predicted octanol–water partition coefficient (Wildman–Crippen LogP) is 4.61. The van der Waals surface area contributed by atoms with Crippen molar-refractivity contribution >= 4 is 64.0 Å². The van der Waals surface area contributed by atoms with E-state index in [1.807, 2.05) is 0 Å². The number of benzene rings is 2. The number of amides is 2. The average Bonchev–Trinajstić information content (AvgIpc) is 2.88. The molecular formula is C19H13Cl3N2O4. The fraction of sp³-hybridized carbons (Fsp3) is 0.105. The van der Waals surface area contributed by atoms with Gasteiger partial charge in [-0.3, -0.25) is 9.59 Å². The van der Waals surface area contributed by atoms with Crippen LogP contribution in [0.1, 0.15) is 17.3 Å². The molecule has 1 aliphatic rings. The first-order valence-electron chi connectivity index (χ1n) is 8.12. The van der Waals surface area contributed by atoms with E-state index in [1.165, 1.54) is 18.2 Å². The zero-order valence-corrected chi connectivity index (χ0v) is 16.7. The number of halogens is 3. The van der Waals surface area contributed by atoms with Gasteiger partial charge in [-0.25, -0.2) is 9.69 Å². The van der Waals surface area contributed by atoms with Gasteiger partial charge in [-0.05, 0) is 31.2 Å². The Balaban J connectivity index is 1.97. The Hall–Kier alpha value is -2.54. The molecule has 0 unspecified atom stereocenters. The van der Waals surface area contributed by atoms with E-state index in [0.717, 1.165) is 4.90 Å². The molecule has 0 aliphatic carbocycles. The van der Waals surface area contributed by atoms with Gasteiger partial charge in [-0.15, -0.1) is 0 Å². The summed E-state index contributed by atoms with van der Waals surface area (Å²) >= 11 is 18.2. The summed E-state index contributed by atoms with van der Waals surface area (Å²) in [5, 5.41) is 2.67. The Morgan fingerprint density at radius 1 is 1.04 bits per heavy atom. The van der Waals surface area contributed by atoms with E-state index in [4.69, 9.17) is 39.5 Å². The van der Waals surface area contributed by atoms with Gasteiger partial charge in [-0.2, -0.15) is 0 Å². The minimum atomic E-state index is -0.757. The van der Waals surface area contributed by atoms with Crippen molar-refractivity contribution in [1.82, 2.24) is 0 Å². The van der Waals surface area contributed by atoms with Crippen LogP contribution in [0, 0.1) is 0 Å². The molecule has 0 aromatic heterocycles. The number of para-hydroxylation sites is 1. The topological polar surface area (TPSA) is 75.7 Å². The number of nitrogens with zero attached hydrogens (tertiary/aromatic N) is 1. The summed E-state index contributed by atoms with van der Waals surface area (Å²) < 4.78 is 5.00. The van der Waals surface area contributed by atoms with Gasteiger partial charge in [0.25, 0.3) is 11.8 Å². The van der Waals surface area contributed by atoms with Gasteiger partial charge in [0, 0.05) is 0 Å². The van der Waals surface area contributed by atoms with Crippen molar-refractivity contribution in [2.45, 2.75) is 6.92 Å². The van der Waals surface area contributed by atoms with E-state index in [9.17, 15) is 14.4 Å². The molecule has 2 aromatic carbocycles. The SMILES string of the molecule is CCOC(=O)c1ccccc1NC1=C(Cl)C(=O)N(c2cccc(Cl)c2Cl)C1=O. The number of carbonyl (C=O) groups excluding carboxylic acids is 3. The Kier molecular flexibility index (Phi) is 5.93. The second-order valence-electron chi connectivity index (χ2n) is 5.60. The maximum absolute atomic E-state index is 12.9. The number of anilines is 2. The number of hydrogen-bond donors (Lipinski definition) is 1. The molecule has 1 aliphatic heterocycles. The highest BCUT2D eigenvalue weighted by Gasteiger charge is 2.40. The first kappa shape index (κ1) is 20.2. The maximum Gasteiger partial charge on any atom is 0.340 e. The molecule has 3 rings (SSSR count). The van der Waals surface area contributed by atoms with E-state index in [1.54, 1.807) is 31.2 Å². The number of rotatable bonds is 5. The number of imide groups is 1. The van der Waals surface area contributed by atoms with Crippen molar-refractivity contribution in [3.05, 3.63) is 68.8 Å². The number of esters is 1. The zero-order chi connectivity index (χ0) is 20.4. The molecule has 9 heteroatoms. The second kappa shape index (κ2) is 8.22. The van der Waals surface area contributed by atoms with E-state index < -0.39 is 17.8 Å². The molecule has 6 nitrogen and oxygen atoms in total. The Morgan fingerprint density at radius 2 is 1.75 bits per heavy atom. The molecule has 144 valence electrons. The minimum absolute atomic E-state index is 0.0449. The predicted molar refractivity (Wildman–Crippen MR) is 108 cm³/mol. The molecule has 0 atom stereocenters. The first-order chi connectivity index (χ1) is 13.4. The molecule has 0 bridgehead atoms. The standard InChI is InChI=1S/C19H13Cl3N2O4/c1-2-28-19(27)10-6-3-4-8-12(10)23-16-15(22)17(25)24(18(16)26)13-9-5-7-11(20)14(13)21/h3-9,23H,2H2,1H3. The van der Waals surface area contributed by atoms with E-state index in [-0.39, 0.29) is 44.3 Å². The van der Waals surface area contributed by atoms with Gasteiger partial charge in [0.05, 0.1) is 33.6 Å². The molecule has 0 saturated carbocycles. The molecule has 1 N–H and O–H groups in total.